The maximum Gasteiger partial charge on any atom is 0.343 e. The highest BCUT2D eigenvalue weighted by molar-refractivity contribution is 6.30. The molecule has 0 saturated heterocycles. The molecule has 2 N–H and O–H groups in total. The number of carbonyl (C=O) groups excluding carboxylic acids is 2. The number of benzene rings is 1. The number of halogens is 1. The van der Waals surface area contributed by atoms with E-state index in [9.17, 15) is 9.59 Å². The van der Waals surface area contributed by atoms with Crippen LogP contribution in [0.25, 0.3) is 5.70 Å². The number of ketones is 1. The van der Waals surface area contributed by atoms with E-state index in [1.165, 1.54) is 6.92 Å². The van der Waals surface area contributed by atoms with Gasteiger partial charge in [-0.25, -0.2) is 4.79 Å². The Morgan fingerprint density at radius 3 is 2.28 bits per heavy atom. The Morgan fingerprint density at radius 2 is 1.83 bits per heavy atom. The van der Waals surface area contributed by atoms with Crippen molar-refractivity contribution in [1.82, 2.24) is 0 Å². The lowest BCUT2D eigenvalue weighted by Crippen LogP contribution is -2.18. The van der Waals surface area contributed by atoms with E-state index in [-0.39, 0.29) is 17.9 Å². The predicted molar refractivity (Wildman–Crippen MR) is 69.9 cm³/mol. The van der Waals surface area contributed by atoms with Crippen LogP contribution in [0.15, 0.2) is 29.8 Å². The number of rotatable bonds is 4. The van der Waals surface area contributed by atoms with E-state index in [0.29, 0.717) is 10.6 Å². The first-order valence-electron chi connectivity index (χ1n) is 5.41. The minimum Gasteiger partial charge on any atom is -0.462 e. The van der Waals surface area contributed by atoms with Gasteiger partial charge in [0.25, 0.3) is 0 Å². The summed E-state index contributed by atoms with van der Waals surface area (Å²) in [5.41, 5.74) is 6.35. The molecule has 0 amide bonds. The molecule has 0 fully saturated rings. The molecule has 0 unspecified atom stereocenters. The molecule has 0 aliphatic carbocycles. The Hall–Kier alpha value is -1.81. The molecule has 0 radical (unpaired) electrons. The minimum absolute atomic E-state index is 0.0950. The summed E-state index contributed by atoms with van der Waals surface area (Å²) in [6, 6.07) is 6.54. The zero-order valence-electron chi connectivity index (χ0n) is 10.2. The molecule has 0 aromatic heterocycles. The third-order valence-electron chi connectivity index (χ3n) is 2.26. The van der Waals surface area contributed by atoms with Gasteiger partial charge in [-0.3, -0.25) is 4.79 Å². The Bertz CT molecular complexity index is 491. The van der Waals surface area contributed by atoms with Crippen molar-refractivity contribution in [2.45, 2.75) is 13.8 Å². The fourth-order valence-corrected chi connectivity index (χ4v) is 1.55. The van der Waals surface area contributed by atoms with E-state index in [0.717, 1.165) is 0 Å². The molecule has 1 aromatic carbocycles. The summed E-state index contributed by atoms with van der Waals surface area (Å²) < 4.78 is 4.81. The molecule has 96 valence electrons. The van der Waals surface area contributed by atoms with E-state index >= 15 is 0 Å². The van der Waals surface area contributed by atoms with E-state index in [2.05, 4.69) is 0 Å². The number of hydrogen-bond acceptors (Lipinski definition) is 4. The Labute approximate surface area is 110 Å². The number of Topliss-reactive ketones (excluding diaryl/α,β-unsaturated/α-hetero) is 1. The van der Waals surface area contributed by atoms with E-state index < -0.39 is 11.8 Å². The van der Waals surface area contributed by atoms with E-state index in [4.69, 9.17) is 22.1 Å². The SMILES string of the molecule is CCOC(=O)C(C(C)=O)=C(N)c1ccc(Cl)cc1. The third-order valence-corrected chi connectivity index (χ3v) is 2.51. The highest BCUT2D eigenvalue weighted by Gasteiger charge is 2.20. The van der Waals surface area contributed by atoms with E-state index in [1.807, 2.05) is 0 Å². The molecule has 0 heterocycles. The topological polar surface area (TPSA) is 69.4 Å². The molecule has 0 bridgehead atoms. The average Bonchev–Trinajstić information content (AvgIpc) is 2.29. The quantitative estimate of drug-likeness (QED) is 0.393. The molecule has 1 rings (SSSR count). The molecule has 0 saturated carbocycles. The normalized spacial score (nSPS) is 11.7. The van der Waals surface area contributed by atoms with Gasteiger partial charge in [0.15, 0.2) is 5.78 Å². The second-order valence-corrected chi connectivity index (χ2v) is 4.01. The minimum atomic E-state index is -0.711. The van der Waals surface area contributed by atoms with Crippen LogP contribution in [0.2, 0.25) is 5.02 Å². The predicted octanol–water partition coefficient (Wildman–Crippen LogP) is 2.16. The monoisotopic (exact) mass is 267 g/mol. The molecule has 0 aliphatic rings. The molecule has 0 spiro atoms. The van der Waals surface area contributed by atoms with Gasteiger partial charge < -0.3 is 10.5 Å². The highest BCUT2D eigenvalue weighted by atomic mass is 35.5. The largest absolute Gasteiger partial charge is 0.462 e. The lowest BCUT2D eigenvalue weighted by atomic mass is 10.0. The fraction of sp³-hybridized carbons (Fsp3) is 0.231. The lowest BCUT2D eigenvalue weighted by molar-refractivity contribution is -0.139. The molecular formula is C13H14ClNO3. The zero-order valence-corrected chi connectivity index (χ0v) is 11.0. The van der Waals surface area contributed by atoms with Gasteiger partial charge in [0.05, 0.1) is 12.3 Å². The van der Waals surface area contributed by atoms with Crippen LogP contribution in [0, 0.1) is 0 Å². The smallest absolute Gasteiger partial charge is 0.343 e. The summed E-state index contributed by atoms with van der Waals surface area (Å²) in [7, 11) is 0. The molecule has 4 nitrogen and oxygen atoms in total. The van der Waals surface area contributed by atoms with Crippen LogP contribution in [0.5, 0.6) is 0 Å². The summed E-state index contributed by atoms with van der Waals surface area (Å²) in [5, 5.41) is 0.548. The zero-order chi connectivity index (χ0) is 13.7. The van der Waals surface area contributed by atoms with Crippen molar-refractivity contribution in [2.24, 2.45) is 5.73 Å². The van der Waals surface area contributed by atoms with Gasteiger partial charge in [-0.05, 0) is 31.5 Å². The van der Waals surface area contributed by atoms with Crippen molar-refractivity contribution in [3.8, 4) is 0 Å². The molecule has 1 aromatic rings. The molecule has 0 aliphatic heterocycles. The number of esters is 1. The summed E-state index contributed by atoms with van der Waals surface area (Å²) in [5.74, 6) is -1.14. The fourth-order valence-electron chi connectivity index (χ4n) is 1.42. The van der Waals surface area contributed by atoms with Gasteiger partial charge in [-0.2, -0.15) is 0 Å². The summed E-state index contributed by atoms with van der Waals surface area (Å²) >= 11 is 5.76. The maximum atomic E-state index is 11.7. The third kappa shape index (κ3) is 3.34. The van der Waals surface area contributed by atoms with Crippen molar-refractivity contribution in [3.05, 3.63) is 40.4 Å². The number of carbonyl (C=O) groups is 2. The van der Waals surface area contributed by atoms with Crippen molar-refractivity contribution in [1.29, 1.82) is 0 Å². The molecule has 5 heteroatoms. The highest BCUT2D eigenvalue weighted by Crippen LogP contribution is 2.18. The van der Waals surface area contributed by atoms with Crippen molar-refractivity contribution in [3.63, 3.8) is 0 Å². The number of ether oxygens (including phenoxy) is 1. The van der Waals surface area contributed by atoms with Crippen LogP contribution in [0.3, 0.4) is 0 Å². The second-order valence-electron chi connectivity index (χ2n) is 3.57. The van der Waals surface area contributed by atoms with Gasteiger partial charge in [-0.15, -0.1) is 0 Å². The molecule has 0 atom stereocenters. The van der Waals surface area contributed by atoms with Gasteiger partial charge in [0.2, 0.25) is 0 Å². The van der Waals surface area contributed by atoms with Crippen molar-refractivity contribution >= 4 is 29.1 Å². The van der Waals surface area contributed by atoms with Crippen LogP contribution in [-0.2, 0) is 14.3 Å². The number of nitrogens with two attached hydrogens (primary N) is 1. The Balaban J connectivity index is 3.23. The van der Waals surface area contributed by atoms with Gasteiger partial charge in [-0.1, -0.05) is 23.7 Å². The van der Waals surface area contributed by atoms with Crippen molar-refractivity contribution in [2.75, 3.05) is 6.61 Å². The van der Waals surface area contributed by atoms with E-state index in [1.54, 1.807) is 31.2 Å². The first-order valence-corrected chi connectivity index (χ1v) is 5.79. The summed E-state index contributed by atoms with van der Waals surface area (Å²) in [4.78, 5) is 23.1. The van der Waals surface area contributed by atoms with Crippen LogP contribution in [0.1, 0.15) is 19.4 Å². The van der Waals surface area contributed by atoms with Crippen LogP contribution in [0.4, 0.5) is 0 Å². The first-order chi connectivity index (χ1) is 8.47. The van der Waals surface area contributed by atoms with Gasteiger partial charge >= 0.3 is 5.97 Å². The van der Waals surface area contributed by atoms with Crippen LogP contribution >= 0.6 is 11.6 Å². The maximum absolute atomic E-state index is 11.7. The van der Waals surface area contributed by atoms with Gasteiger partial charge in [0, 0.05) is 5.02 Å². The molecule has 18 heavy (non-hydrogen) atoms. The standard InChI is InChI=1S/C13H14ClNO3/c1-3-18-13(17)11(8(2)16)12(15)9-4-6-10(14)7-5-9/h4-7H,3,15H2,1-2H3. The summed E-state index contributed by atoms with van der Waals surface area (Å²) in [6.07, 6.45) is 0. The lowest BCUT2D eigenvalue weighted by Gasteiger charge is -2.08. The van der Waals surface area contributed by atoms with Crippen molar-refractivity contribution < 1.29 is 14.3 Å². The molecular weight excluding hydrogens is 254 g/mol. The summed E-state index contributed by atoms with van der Waals surface area (Å²) in [6.45, 7) is 3.12. The second kappa shape index (κ2) is 6.21. The van der Waals surface area contributed by atoms with Crippen LogP contribution in [-0.4, -0.2) is 18.4 Å². The average molecular weight is 268 g/mol. The van der Waals surface area contributed by atoms with Gasteiger partial charge in [0.1, 0.15) is 5.57 Å². The van der Waals surface area contributed by atoms with Crippen LogP contribution < -0.4 is 5.73 Å². The number of hydrogen-bond donors (Lipinski definition) is 1. The Morgan fingerprint density at radius 1 is 1.28 bits per heavy atom. The first kappa shape index (κ1) is 14.3. The Kier molecular flexibility index (Phi) is 4.92.